The molecule has 0 aliphatic heterocycles. The maximum atomic E-state index is 12.7. The minimum atomic E-state index is -0.460. The highest BCUT2D eigenvalue weighted by Crippen LogP contribution is 2.40. The predicted molar refractivity (Wildman–Crippen MR) is 142 cm³/mol. The van der Waals surface area contributed by atoms with Crippen molar-refractivity contribution in [3.05, 3.63) is 96.6 Å². The molecule has 3 aromatic carbocycles. The van der Waals surface area contributed by atoms with Crippen LogP contribution in [0.2, 0.25) is 0 Å². The van der Waals surface area contributed by atoms with E-state index in [9.17, 15) is 4.79 Å². The monoisotopic (exact) mass is 478 g/mol. The summed E-state index contributed by atoms with van der Waals surface area (Å²) in [5.41, 5.74) is 0.854. The topological polar surface area (TPSA) is 26.3 Å². The minimum Gasteiger partial charge on any atom is -0.460 e. The summed E-state index contributed by atoms with van der Waals surface area (Å²) in [6.07, 6.45) is 3.31. The van der Waals surface area contributed by atoms with Crippen LogP contribution in [0.15, 0.2) is 101 Å². The van der Waals surface area contributed by atoms with Crippen molar-refractivity contribution in [3.63, 3.8) is 0 Å². The number of ether oxygens (including phenoxy) is 1. The molecule has 2 nitrogen and oxygen atoms in total. The summed E-state index contributed by atoms with van der Waals surface area (Å²) in [6.45, 7) is 5.80. The average Bonchev–Trinajstić information content (AvgIpc) is 2.78. The zero-order chi connectivity index (χ0) is 23.5. The van der Waals surface area contributed by atoms with Crippen LogP contribution in [0.3, 0.4) is 0 Å². The largest absolute Gasteiger partial charge is 0.460 e. The Kier molecular flexibility index (Phi) is 9.95. The number of esters is 1. The maximum Gasteiger partial charge on any atom is 0.306 e. The van der Waals surface area contributed by atoms with E-state index in [2.05, 4.69) is 84.9 Å². The van der Waals surface area contributed by atoms with Gasteiger partial charge in [-0.15, -0.1) is 23.5 Å². The van der Waals surface area contributed by atoms with Crippen LogP contribution in [0.25, 0.3) is 0 Å². The molecule has 3 rings (SSSR count). The highest BCUT2D eigenvalue weighted by molar-refractivity contribution is 8.17. The molecule has 0 aromatic heterocycles. The van der Waals surface area contributed by atoms with E-state index in [1.807, 2.05) is 50.4 Å². The number of rotatable bonds is 11. The van der Waals surface area contributed by atoms with Crippen molar-refractivity contribution < 1.29 is 9.53 Å². The summed E-state index contributed by atoms with van der Waals surface area (Å²) in [6, 6.07) is 31.6. The second-order valence-electron chi connectivity index (χ2n) is 9.21. The molecule has 3 aromatic rings. The average molecular weight is 479 g/mol. The van der Waals surface area contributed by atoms with Gasteiger partial charge in [-0.25, -0.2) is 0 Å². The van der Waals surface area contributed by atoms with Gasteiger partial charge in [0.05, 0.1) is 4.58 Å². The zero-order valence-corrected chi connectivity index (χ0v) is 21.4. The van der Waals surface area contributed by atoms with Crippen molar-refractivity contribution in [2.75, 3.05) is 0 Å². The normalized spacial score (nSPS) is 12.5. The lowest BCUT2D eigenvalue weighted by Crippen LogP contribution is -2.26. The third kappa shape index (κ3) is 10.1. The van der Waals surface area contributed by atoms with Gasteiger partial charge in [-0.2, -0.15) is 0 Å². The molecule has 174 valence electrons. The van der Waals surface area contributed by atoms with Crippen molar-refractivity contribution in [2.24, 2.45) is 5.92 Å². The first-order chi connectivity index (χ1) is 15.9. The molecular formula is C29H34O2S2. The molecule has 4 heteroatoms. The summed E-state index contributed by atoms with van der Waals surface area (Å²) >= 11 is 3.77. The van der Waals surface area contributed by atoms with E-state index in [-0.39, 0.29) is 11.9 Å². The first-order valence-corrected chi connectivity index (χ1v) is 13.3. The van der Waals surface area contributed by atoms with Crippen LogP contribution >= 0.6 is 23.5 Å². The van der Waals surface area contributed by atoms with Gasteiger partial charge in [-0.05, 0) is 75.8 Å². The van der Waals surface area contributed by atoms with Crippen molar-refractivity contribution in [1.29, 1.82) is 0 Å². The number of hydrogen-bond acceptors (Lipinski definition) is 4. The molecule has 33 heavy (non-hydrogen) atoms. The fourth-order valence-corrected chi connectivity index (χ4v) is 6.46. The lowest BCUT2D eigenvalue weighted by Gasteiger charge is -2.25. The van der Waals surface area contributed by atoms with Gasteiger partial charge >= 0.3 is 5.97 Å². The van der Waals surface area contributed by atoms with E-state index >= 15 is 0 Å². The fraction of sp³-hybridized carbons (Fsp3) is 0.345. The summed E-state index contributed by atoms with van der Waals surface area (Å²) in [4.78, 5) is 15.3. The van der Waals surface area contributed by atoms with Crippen LogP contribution in [-0.4, -0.2) is 16.2 Å². The summed E-state index contributed by atoms with van der Waals surface area (Å²) in [5.74, 6) is 0.145. The second kappa shape index (κ2) is 12.9. The van der Waals surface area contributed by atoms with Gasteiger partial charge < -0.3 is 4.74 Å². The molecule has 0 saturated carbocycles. The zero-order valence-electron chi connectivity index (χ0n) is 19.8. The van der Waals surface area contributed by atoms with E-state index in [4.69, 9.17) is 4.74 Å². The van der Waals surface area contributed by atoms with Crippen molar-refractivity contribution in [1.82, 2.24) is 0 Å². The van der Waals surface area contributed by atoms with Crippen molar-refractivity contribution in [2.45, 2.75) is 66.4 Å². The Balaban J connectivity index is 1.75. The predicted octanol–water partition coefficient (Wildman–Crippen LogP) is 8.27. The number of benzene rings is 3. The molecule has 0 fully saturated rings. The molecule has 0 radical (unpaired) electrons. The van der Waals surface area contributed by atoms with Crippen LogP contribution in [0.5, 0.6) is 0 Å². The highest BCUT2D eigenvalue weighted by atomic mass is 32.2. The molecule has 0 bridgehead atoms. The van der Waals surface area contributed by atoms with Crippen LogP contribution in [0.1, 0.15) is 45.6 Å². The van der Waals surface area contributed by atoms with Gasteiger partial charge in [0.1, 0.15) is 5.60 Å². The standard InChI is InChI=1S/C29H34O2S2/c1-29(2,3)31-27(30)21-24(20-19-23-13-7-4-8-14-23)22-28(32-25-15-9-5-10-16-25)33-26-17-11-6-12-18-26/h4-18,24,28H,19-22H2,1-3H3. The molecule has 1 atom stereocenters. The van der Waals surface area contributed by atoms with Crippen LogP contribution in [-0.2, 0) is 16.0 Å². The molecule has 0 aliphatic carbocycles. The molecule has 0 spiro atoms. The van der Waals surface area contributed by atoms with E-state index in [1.54, 1.807) is 0 Å². The lowest BCUT2D eigenvalue weighted by atomic mass is 9.94. The minimum absolute atomic E-state index is 0.103. The third-order valence-electron chi connectivity index (χ3n) is 5.11. The molecule has 1 unspecified atom stereocenters. The van der Waals surface area contributed by atoms with Gasteiger partial charge in [0.2, 0.25) is 0 Å². The molecule has 0 heterocycles. The van der Waals surface area contributed by atoms with Crippen LogP contribution in [0.4, 0.5) is 0 Å². The third-order valence-corrected chi connectivity index (χ3v) is 7.68. The van der Waals surface area contributed by atoms with E-state index < -0.39 is 5.60 Å². The van der Waals surface area contributed by atoms with Crippen LogP contribution in [0, 0.1) is 5.92 Å². The van der Waals surface area contributed by atoms with Crippen molar-refractivity contribution in [3.8, 4) is 0 Å². The number of thioether (sulfide) groups is 2. The SMILES string of the molecule is CC(C)(C)OC(=O)CC(CCc1ccccc1)CC(Sc1ccccc1)Sc1ccccc1. The fourth-order valence-electron chi connectivity index (χ4n) is 3.63. The Morgan fingerprint density at radius 3 is 1.76 bits per heavy atom. The van der Waals surface area contributed by atoms with E-state index in [0.717, 1.165) is 19.3 Å². The Hall–Kier alpha value is -2.17. The number of carbonyl (C=O) groups is 1. The second-order valence-corrected chi connectivity index (χ2v) is 12.1. The number of carbonyl (C=O) groups excluding carboxylic acids is 1. The highest BCUT2D eigenvalue weighted by Gasteiger charge is 2.24. The Labute approximate surface area is 207 Å². The lowest BCUT2D eigenvalue weighted by molar-refractivity contribution is -0.156. The van der Waals surface area contributed by atoms with E-state index in [1.165, 1.54) is 15.4 Å². The summed E-state index contributed by atoms with van der Waals surface area (Å²) < 4.78 is 5.99. The molecule has 0 aliphatic rings. The molecule has 0 saturated heterocycles. The van der Waals surface area contributed by atoms with Gasteiger partial charge in [0.25, 0.3) is 0 Å². The smallest absolute Gasteiger partial charge is 0.306 e. The van der Waals surface area contributed by atoms with Crippen molar-refractivity contribution >= 4 is 29.5 Å². The maximum absolute atomic E-state index is 12.7. The summed E-state index contributed by atoms with van der Waals surface area (Å²) in [5, 5.41) is 0. The number of hydrogen-bond donors (Lipinski definition) is 0. The number of aryl methyl sites for hydroxylation is 1. The first kappa shape index (κ1) is 25.5. The summed E-state index contributed by atoms with van der Waals surface area (Å²) in [7, 11) is 0. The molecule has 0 amide bonds. The van der Waals surface area contributed by atoms with E-state index in [0.29, 0.717) is 11.0 Å². The van der Waals surface area contributed by atoms with Gasteiger partial charge in [0.15, 0.2) is 0 Å². The quantitative estimate of drug-likeness (QED) is 0.157. The Morgan fingerprint density at radius 1 is 0.788 bits per heavy atom. The van der Waals surface area contributed by atoms with Gasteiger partial charge in [0, 0.05) is 16.2 Å². The Bertz CT molecular complexity index is 912. The van der Waals surface area contributed by atoms with Crippen LogP contribution < -0.4 is 0 Å². The molecular weight excluding hydrogens is 444 g/mol. The van der Waals surface area contributed by atoms with Gasteiger partial charge in [-0.1, -0.05) is 66.7 Å². The first-order valence-electron chi connectivity index (χ1n) is 11.6. The molecule has 0 N–H and O–H groups in total. The Morgan fingerprint density at radius 2 is 1.27 bits per heavy atom. The van der Waals surface area contributed by atoms with Gasteiger partial charge in [-0.3, -0.25) is 4.79 Å².